The van der Waals surface area contributed by atoms with E-state index in [-0.39, 0.29) is 5.91 Å². The quantitative estimate of drug-likeness (QED) is 0.848. The molecule has 0 saturated carbocycles. The third kappa shape index (κ3) is 2.56. The first kappa shape index (κ1) is 14.6. The maximum atomic E-state index is 12.7. The van der Waals surface area contributed by atoms with E-state index in [1.54, 1.807) is 18.5 Å². The third-order valence-corrected chi connectivity index (χ3v) is 4.18. The molecule has 1 amide bonds. The van der Waals surface area contributed by atoms with Gasteiger partial charge < -0.3 is 14.2 Å². The second-order valence-corrected chi connectivity index (χ2v) is 5.54. The minimum Gasteiger partial charge on any atom is -0.466 e. The van der Waals surface area contributed by atoms with E-state index in [9.17, 15) is 4.79 Å². The van der Waals surface area contributed by atoms with Crippen molar-refractivity contribution in [3.8, 4) is 0 Å². The molecular weight excluding hydrogens is 280 g/mol. The molecule has 1 saturated heterocycles. The van der Waals surface area contributed by atoms with Gasteiger partial charge in [0.25, 0.3) is 5.91 Å². The largest absolute Gasteiger partial charge is 0.466 e. The van der Waals surface area contributed by atoms with Crippen LogP contribution in [0, 0.1) is 20.8 Å². The summed E-state index contributed by atoms with van der Waals surface area (Å²) < 4.78 is 5.57. The van der Waals surface area contributed by atoms with Gasteiger partial charge in [0, 0.05) is 44.1 Å². The van der Waals surface area contributed by atoms with Crippen molar-refractivity contribution in [3.63, 3.8) is 0 Å². The molecule has 3 heterocycles. The van der Waals surface area contributed by atoms with E-state index in [1.165, 1.54) is 0 Å². The van der Waals surface area contributed by atoms with Gasteiger partial charge in [-0.3, -0.25) is 4.79 Å². The number of piperazine rings is 1. The van der Waals surface area contributed by atoms with Crippen molar-refractivity contribution < 1.29 is 9.21 Å². The summed E-state index contributed by atoms with van der Waals surface area (Å²) in [4.78, 5) is 25.2. The predicted octanol–water partition coefficient (Wildman–Crippen LogP) is 1.96. The lowest BCUT2D eigenvalue weighted by molar-refractivity contribution is 0.0744. The molecule has 0 aliphatic carbocycles. The molecule has 0 atom stereocenters. The second-order valence-electron chi connectivity index (χ2n) is 5.54. The number of hydrogen-bond acceptors (Lipinski definition) is 5. The van der Waals surface area contributed by atoms with Gasteiger partial charge in [-0.25, -0.2) is 9.97 Å². The van der Waals surface area contributed by atoms with Gasteiger partial charge in [-0.15, -0.1) is 0 Å². The average Bonchev–Trinajstić information content (AvgIpc) is 2.80. The maximum Gasteiger partial charge on any atom is 0.257 e. The number of amides is 1. The smallest absolute Gasteiger partial charge is 0.257 e. The Morgan fingerprint density at radius 1 is 1.05 bits per heavy atom. The molecule has 6 heteroatoms. The van der Waals surface area contributed by atoms with Crippen LogP contribution in [0.4, 0.5) is 5.95 Å². The Balaban J connectivity index is 1.70. The van der Waals surface area contributed by atoms with Crippen molar-refractivity contribution in [3.05, 3.63) is 41.1 Å². The van der Waals surface area contributed by atoms with Gasteiger partial charge in [0.2, 0.25) is 5.95 Å². The fourth-order valence-corrected chi connectivity index (χ4v) is 2.83. The maximum absolute atomic E-state index is 12.7. The van der Waals surface area contributed by atoms with Gasteiger partial charge in [-0.1, -0.05) is 0 Å². The standard InChI is InChI=1S/C16H20N4O2/c1-11-12(2)22-13(3)14(11)15(21)19-7-9-20(10-8-19)16-17-5-4-6-18-16/h4-6H,7-10H2,1-3H3. The Bertz CT molecular complexity index is 673. The molecule has 2 aromatic rings. The Labute approximate surface area is 129 Å². The van der Waals surface area contributed by atoms with E-state index in [1.807, 2.05) is 25.7 Å². The molecule has 1 fully saturated rings. The molecule has 0 unspecified atom stereocenters. The highest BCUT2D eigenvalue weighted by Crippen LogP contribution is 2.23. The van der Waals surface area contributed by atoms with Crippen LogP contribution in [0.1, 0.15) is 27.4 Å². The number of furan rings is 1. The first-order valence-electron chi connectivity index (χ1n) is 7.45. The Hall–Kier alpha value is -2.37. The Morgan fingerprint density at radius 2 is 1.68 bits per heavy atom. The summed E-state index contributed by atoms with van der Waals surface area (Å²) in [6.07, 6.45) is 3.47. The number of rotatable bonds is 2. The van der Waals surface area contributed by atoms with Crippen molar-refractivity contribution in [1.29, 1.82) is 0 Å². The highest BCUT2D eigenvalue weighted by molar-refractivity contribution is 5.97. The minimum absolute atomic E-state index is 0.0560. The topological polar surface area (TPSA) is 62.5 Å². The monoisotopic (exact) mass is 300 g/mol. The average molecular weight is 300 g/mol. The lowest BCUT2D eigenvalue weighted by atomic mass is 10.1. The molecule has 2 aromatic heterocycles. The number of aromatic nitrogens is 2. The van der Waals surface area contributed by atoms with Gasteiger partial charge >= 0.3 is 0 Å². The van der Waals surface area contributed by atoms with Gasteiger partial charge in [-0.05, 0) is 26.8 Å². The molecule has 1 aliphatic heterocycles. The third-order valence-electron chi connectivity index (χ3n) is 4.18. The van der Waals surface area contributed by atoms with Crippen molar-refractivity contribution in [2.75, 3.05) is 31.1 Å². The summed E-state index contributed by atoms with van der Waals surface area (Å²) in [5.41, 5.74) is 1.65. The first-order chi connectivity index (χ1) is 10.6. The molecule has 0 radical (unpaired) electrons. The van der Waals surface area contributed by atoms with Crippen LogP contribution in [-0.4, -0.2) is 47.0 Å². The van der Waals surface area contributed by atoms with Crippen molar-refractivity contribution in [1.82, 2.24) is 14.9 Å². The number of anilines is 1. The zero-order chi connectivity index (χ0) is 15.7. The van der Waals surface area contributed by atoms with E-state index in [4.69, 9.17) is 4.42 Å². The van der Waals surface area contributed by atoms with Crippen LogP contribution in [0.5, 0.6) is 0 Å². The second kappa shape index (κ2) is 5.79. The number of carbonyl (C=O) groups excluding carboxylic acids is 1. The SMILES string of the molecule is Cc1oc(C)c(C(=O)N2CCN(c3ncccn3)CC2)c1C. The fourth-order valence-electron chi connectivity index (χ4n) is 2.83. The normalized spacial score (nSPS) is 15.2. The van der Waals surface area contributed by atoms with E-state index >= 15 is 0 Å². The summed E-state index contributed by atoms with van der Waals surface area (Å²) in [5.74, 6) is 2.30. The lowest BCUT2D eigenvalue weighted by Crippen LogP contribution is -2.49. The molecule has 0 aromatic carbocycles. The summed E-state index contributed by atoms with van der Waals surface area (Å²) in [6.45, 7) is 8.49. The number of nitrogens with zero attached hydrogens (tertiary/aromatic N) is 4. The van der Waals surface area contributed by atoms with E-state index in [0.29, 0.717) is 24.4 Å². The summed E-state index contributed by atoms with van der Waals surface area (Å²) >= 11 is 0. The highest BCUT2D eigenvalue weighted by Gasteiger charge is 2.27. The van der Waals surface area contributed by atoms with E-state index in [0.717, 1.165) is 30.4 Å². The van der Waals surface area contributed by atoms with Gasteiger partial charge in [0.15, 0.2) is 0 Å². The van der Waals surface area contributed by atoms with Crippen LogP contribution in [0.2, 0.25) is 0 Å². The number of carbonyl (C=O) groups is 1. The van der Waals surface area contributed by atoms with Crippen molar-refractivity contribution >= 4 is 11.9 Å². The molecule has 0 N–H and O–H groups in total. The zero-order valence-corrected chi connectivity index (χ0v) is 13.2. The molecular formula is C16H20N4O2. The molecule has 116 valence electrons. The Morgan fingerprint density at radius 3 is 2.23 bits per heavy atom. The minimum atomic E-state index is 0.0560. The molecule has 22 heavy (non-hydrogen) atoms. The number of aryl methyl sites for hydroxylation is 2. The van der Waals surface area contributed by atoms with Crippen LogP contribution in [0.3, 0.4) is 0 Å². The van der Waals surface area contributed by atoms with E-state index < -0.39 is 0 Å². The van der Waals surface area contributed by atoms with Crippen LogP contribution in [0.15, 0.2) is 22.9 Å². The molecule has 0 bridgehead atoms. The Kier molecular flexibility index (Phi) is 3.83. The van der Waals surface area contributed by atoms with Gasteiger partial charge in [0.1, 0.15) is 11.5 Å². The van der Waals surface area contributed by atoms with Crippen LogP contribution in [0.25, 0.3) is 0 Å². The van der Waals surface area contributed by atoms with Crippen molar-refractivity contribution in [2.45, 2.75) is 20.8 Å². The molecule has 1 aliphatic rings. The van der Waals surface area contributed by atoms with Crippen molar-refractivity contribution in [2.24, 2.45) is 0 Å². The van der Waals surface area contributed by atoms with E-state index in [2.05, 4.69) is 14.9 Å². The van der Waals surface area contributed by atoms with Crippen LogP contribution < -0.4 is 4.90 Å². The fraction of sp³-hybridized carbons (Fsp3) is 0.438. The van der Waals surface area contributed by atoms with Crippen LogP contribution >= 0.6 is 0 Å². The summed E-state index contributed by atoms with van der Waals surface area (Å²) in [5, 5.41) is 0. The summed E-state index contributed by atoms with van der Waals surface area (Å²) in [7, 11) is 0. The molecule has 6 nitrogen and oxygen atoms in total. The zero-order valence-electron chi connectivity index (χ0n) is 13.2. The molecule has 3 rings (SSSR count). The lowest BCUT2D eigenvalue weighted by Gasteiger charge is -2.34. The summed E-state index contributed by atoms with van der Waals surface area (Å²) in [6, 6.07) is 1.80. The number of hydrogen-bond donors (Lipinski definition) is 0. The first-order valence-corrected chi connectivity index (χ1v) is 7.45. The predicted molar refractivity (Wildman–Crippen MR) is 83.1 cm³/mol. The molecule has 0 spiro atoms. The van der Waals surface area contributed by atoms with Gasteiger partial charge in [0.05, 0.1) is 5.56 Å². The van der Waals surface area contributed by atoms with Gasteiger partial charge in [-0.2, -0.15) is 0 Å². The van der Waals surface area contributed by atoms with Crippen LogP contribution in [-0.2, 0) is 0 Å². The highest BCUT2D eigenvalue weighted by atomic mass is 16.3.